The minimum absolute atomic E-state index is 0.0810. The molecule has 0 spiro atoms. The van der Waals surface area contributed by atoms with Gasteiger partial charge < -0.3 is 0 Å². The normalized spacial score (nSPS) is 8.70. The van der Waals surface area contributed by atoms with Crippen molar-refractivity contribution in [3.8, 4) is 0 Å². The van der Waals surface area contributed by atoms with Crippen molar-refractivity contribution in [3.05, 3.63) is 23.8 Å². The zero-order chi connectivity index (χ0) is 8.15. The average Bonchev–Trinajstić information content (AvgIpc) is 1.82. The first-order valence-electron chi connectivity index (χ1n) is 3.36. The third-order valence-electron chi connectivity index (χ3n) is 1.25. The molecule has 56 valence electrons. The second kappa shape index (κ2) is 4.04. The molecule has 0 aliphatic rings. The summed E-state index contributed by atoms with van der Waals surface area (Å²) < 4.78 is 0. The van der Waals surface area contributed by atoms with E-state index >= 15 is 0 Å². The Morgan fingerprint density at radius 2 is 1.90 bits per heavy atom. The maximum atomic E-state index is 10.6. The molecule has 0 saturated carbocycles. The Hall–Kier alpha value is -0.850. The van der Waals surface area contributed by atoms with Crippen molar-refractivity contribution in [2.24, 2.45) is 0 Å². The van der Waals surface area contributed by atoms with Gasteiger partial charge in [-0.2, -0.15) is 0 Å². The van der Waals surface area contributed by atoms with Gasteiger partial charge in [-0.25, -0.2) is 0 Å². The van der Waals surface area contributed by atoms with Crippen molar-refractivity contribution >= 4 is 5.78 Å². The SMILES string of the molecule is C=C(CC=C(C)C)C(C)=O. The summed E-state index contributed by atoms with van der Waals surface area (Å²) in [6.45, 7) is 9.19. The molecule has 0 aromatic carbocycles. The van der Waals surface area contributed by atoms with Crippen LogP contribution in [0.4, 0.5) is 0 Å². The molecule has 1 heteroatoms. The number of Topliss-reactive ketones (excluding diaryl/α,β-unsaturated/α-hetero) is 1. The van der Waals surface area contributed by atoms with Gasteiger partial charge in [-0.05, 0) is 32.8 Å². The summed E-state index contributed by atoms with van der Waals surface area (Å²) in [7, 11) is 0. The highest BCUT2D eigenvalue weighted by molar-refractivity contribution is 5.92. The highest BCUT2D eigenvalue weighted by Crippen LogP contribution is 2.02. The van der Waals surface area contributed by atoms with Crippen LogP contribution < -0.4 is 0 Å². The predicted octanol–water partition coefficient (Wildman–Crippen LogP) is 2.49. The molecule has 0 amide bonds. The summed E-state index contributed by atoms with van der Waals surface area (Å²) in [4.78, 5) is 10.6. The molecule has 0 atom stereocenters. The molecule has 0 aliphatic carbocycles. The van der Waals surface area contributed by atoms with Gasteiger partial charge in [0.15, 0.2) is 5.78 Å². The Morgan fingerprint density at radius 1 is 1.40 bits per heavy atom. The Labute approximate surface area is 62.4 Å². The lowest BCUT2D eigenvalue weighted by Crippen LogP contribution is -1.92. The predicted molar refractivity (Wildman–Crippen MR) is 43.9 cm³/mol. The van der Waals surface area contributed by atoms with E-state index in [4.69, 9.17) is 0 Å². The van der Waals surface area contributed by atoms with E-state index in [2.05, 4.69) is 6.58 Å². The summed E-state index contributed by atoms with van der Waals surface area (Å²) in [6, 6.07) is 0. The van der Waals surface area contributed by atoms with Crippen LogP contribution in [-0.2, 0) is 4.79 Å². The van der Waals surface area contributed by atoms with E-state index in [1.807, 2.05) is 19.9 Å². The molecule has 10 heavy (non-hydrogen) atoms. The van der Waals surface area contributed by atoms with Crippen LogP contribution in [0, 0.1) is 0 Å². The van der Waals surface area contributed by atoms with Crippen LogP contribution in [0.5, 0.6) is 0 Å². The first-order chi connectivity index (χ1) is 4.54. The molecule has 0 bridgehead atoms. The van der Waals surface area contributed by atoms with Gasteiger partial charge >= 0.3 is 0 Å². The van der Waals surface area contributed by atoms with Gasteiger partial charge in [0.2, 0.25) is 0 Å². The number of allylic oxidation sites excluding steroid dienone is 3. The van der Waals surface area contributed by atoms with E-state index in [1.54, 1.807) is 6.92 Å². The molecule has 0 fully saturated rings. The van der Waals surface area contributed by atoms with Gasteiger partial charge in [-0.15, -0.1) is 0 Å². The minimum atomic E-state index is 0.0810. The molecule has 0 unspecified atom stereocenters. The third-order valence-corrected chi connectivity index (χ3v) is 1.25. The van der Waals surface area contributed by atoms with E-state index in [1.165, 1.54) is 5.57 Å². The fourth-order valence-corrected chi connectivity index (χ4v) is 0.471. The number of carbonyl (C=O) groups excluding carboxylic acids is 1. The van der Waals surface area contributed by atoms with Gasteiger partial charge in [-0.3, -0.25) is 4.79 Å². The van der Waals surface area contributed by atoms with E-state index in [9.17, 15) is 4.79 Å². The molecule has 1 nitrogen and oxygen atoms in total. The van der Waals surface area contributed by atoms with Crippen molar-refractivity contribution < 1.29 is 4.79 Å². The molecular formula is C9H14O. The molecule has 0 aromatic rings. The second-order valence-electron chi connectivity index (χ2n) is 2.65. The molecule has 0 saturated heterocycles. The highest BCUT2D eigenvalue weighted by atomic mass is 16.1. The Bertz CT molecular complexity index is 171. The molecule has 0 heterocycles. The molecule has 0 N–H and O–H groups in total. The van der Waals surface area contributed by atoms with Crippen LogP contribution in [-0.4, -0.2) is 5.78 Å². The number of hydrogen-bond acceptors (Lipinski definition) is 1. The first kappa shape index (κ1) is 9.15. The Kier molecular flexibility index (Phi) is 3.70. The van der Waals surface area contributed by atoms with Crippen LogP contribution in [0.15, 0.2) is 23.8 Å². The topological polar surface area (TPSA) is 17.1 Å². The van der Waals surface area contributed by atoms with Crippen LogP contribution in [0.25, 0.3) is 0 Å². The fourth-order valence-electron chi connectivity index (χ4n) is 0.471. The zero-order valence-corrected chi connectivity index (χ0v) is 6.90. The zero-order valence-electron chi connectivity index (χ0n) is 6.90. The summed E-state index contributed by atoms with van der Waals surface area (Å²) in [5, 5.41) is 0. The monoisotopic (exact) mass is 138 g/mol. The maximum Gasteiger partial charge on any atom is 0.155 e. The van der Waals surface area contributed by atoms with Crippen molar-refractivity contribution in [1.82, 2.24) is 0 Å². The molecule has 0 rings (SSSR count). The standard InChI is InChI=1S/C9H14O/c1-7(2)5-6-8(3)9(4)10/h5H,3,6H2,1-2,4H3. The molecule has 0 aromatic heterocycles. The van der Waals surface area contributed by atoms with E-state index in [-0.39, 0.29) is 5.78 Å². The van der Waals surface area contributed by atoms with Gasteiger partial charge in [0, 0.05) is 0 Å². The third kappa shape index (κ3) is 4.07. The average molecular weight is 138 g/mol. The van der Waals surface area contributed by atoms with Gasteiger partial charge in [-0.1, -0.05) is 18.2 Å². The van der Waals surface area contributed by atoms with Crippen molar-refractivity contribution in [2.75, 3.05) is 0 Å². The van der Waals surface area contributed by atoms with Gasteiger partial charge in [0.05, 0.1) is 0 Å². The van der Waals surface area contributed by atoms with Crippen LogP contribution in [0.2, 0.25) is 0 Å². The molecule has 0 aliphatic heterocycles. The lowest BCUT2D eigenvalue weighted by atomic mass is 10.1. The maximum absolute atomic E-state index is 10.6. The van der Waals surface area contributed by atoms with Crippen molar-refractivity contribution in [2.45, 2.75) is 27.2 Å². The fraction of sp³-hybridized carbons (Fsp3) is 0.444. The largest absolute Gasteiger partial charge is 0.295 e. The smallest absolute Gasteiger partial charge is 0.155 e. The van der Waals surface area contributed by atoms with Crippen molar-refractivity contribution in [3.63, 3.8) is 0 Å². The Morgan fingerprint density at radius 3 is 2.20 bits per heavy atom. The number of carbonyl (C=O) groups is 1. The summed E-state index contributed by atoms with van der Waals surface area (Å²) in [5.41, 5.74) is 1.91. The van der Waals surface area contributed by atoms with E-state index in [0.717, 1.165) is 0 Å². The number of hydrogen-bond donors (Lipinski definition) is 0. The van der Waals surface area contributed by atoms with E-state index in [0.29, 0.717) is 12.0 Å². The number of ketones is 1. The second-order valence-corrected chi connectivity index (χ2v) is 2.65. The summed E-state index contributed by atoms with van der Waals surface area (Å²) in [5.74, 6) is 0.0810. The van der Waals surface area contributed by atoms with Crippen LogP contribution in [0.3, 0.4) is 0 Å². The highest BCUT2D eigenvalue weighted by Gasteiger charge is 1.95. The first-order valence-corrected chi connectivity index (χ1v) is 3.36. The van der Waals surface area contributed by atoms with Gasteiger partial charge in [0.1, 0.15) is 0 Å². The van der Waals surface area contributed by atoms with Crippen molar-refractivity contribution in [1.29, 1.82) is 0 Å². The summed E-state index contributed by atoms with van der Waals surface area (Å²) >= 11 is 0. The minimum Gasteiger partial charge on any atom is -0.295 e. The van der Waals surface area contributed by atoms with E-state index < -0.39 is 0 Å². The Balaban J connectivity index is 3.83. The quantitative estimate of drug-likeness (QED) is 0.432. The lowest BCUT2D eigenvalue weighted by Gasteiger charge is -1.94. The molecule has 0 radical (unpaired) electrons. The van der Waals surface area contributed by atoms with Gasteiger partial charge in [0.25, 0.3) is 0 Å². The summed E-state index contributed by atoms with van der Waals surface area (Å²) in [6.07, 6.45) is 2.70. The lowest BCUT2D eigenvalue weighted by molar-refractivity contribution is -0.113. The van der Waals surface area contributed by atoms with Crippen LogP contribution in [0.1, 0.15) is 27.2 Å². The number of rotatable bonds is 3. The molecular weight excluding hydrogens is 124 g/mol. The van der Waals surface area contributed by atoms with Crippen LogP contribution >= 0.6 is 0 Å².